The summed E-state index contributed by atoms with van der Waals surface area (Å²) in [6, 6.07) is 7.73. The molecule has 0 atom stereocenters. The molecular formula is C21H18N6O2. The van der Waals surface area contributed by atoms with Gasteiger partial charge in [0.25, 0.3) is 5.56 Å². The lowest BCUT2D eigenvalue weighted by Gasteiger charge is -2.27. The van der Waals surface area contributed by atoms with Crippen molar-refractivity contribution in [3.63, 3.8) is 0 Å². The van der Waals surface area contributed by atoms with Gasteiger partial charge < -0.3 is 9.40 Å². The van der Waals surface area contributed by atoms with Gasteiger partial charge in [0.2, 0.25) is 0 Å². The SMILES string of the molecule is O=c1[nH]c(-c2cncnc2)nc2c1CN(Cc1ccc(-c3ccco3)nc1)CC2. The van der Waals surface area contributed by atoms with Gasteiger partial charge >= 0.3 is 0 Å². The molecule has 0 saturated heterocycles. The number of H-pyrrole nitrogens is 1. The molecular weight excluding hydrogens is 368 g/mol. The third-order valence-corrected chi connectivity index (χ3v) is 4.99. The molecule has 0 saturated carbocycles. The van der Waals surface area contributed by atoms with E-state index >= 15 is 0 Å². The lowest BCUT2D eigenvalue weighted by atomic mass is 10.1. The van der Waals surface area contributed by atoms with Crippen LogP contribution in [0.2, 0.25) is 0 Å². The third kappa shape index (κ3) is 3.57. The second-order valence-electron chi connectivity index (χ2n) is 6.96. The molecule has 0 aliphatic carbocycles. The minimum Gasteiger partial charge on any atom is -0.463 e. The highest BCUT2D eigenvalue weighted by atomic mass is 16.3. The zero-order chi connectivity index (χ0) is 19.6. The number of aromatic nitrogens is 5. The Bertz CT molecular complexity index is 1170. The normalized spacial score (nSPS) is 13.9. The van der Waals surface area contributed by atoms with Crippen LogP contribution in [0.1, 0.15) is 16.8 Å². The van der Waals surface area contributed by atoms with E-state index in [0.29, 0.717) is 17.9 Å². The van der Waals surface area contributed by atoms with Crippen LogP contribution in [0.25, 0.3) is 22.8 Å². The molecule has 0 fully saturated rings. The molecule has 1 aliphatic rings. The summed E-state index contributed by atoms with van der Waals surface area (Å²) in [4.78, 5) is 34.8. The van der Waals surface area contributed by atoms with Crippen LogP contribution in [0.3, 0.4) is 0 Å². The van der Waals surface area contributed by atoms with Crippen molar-refractivity contribution in [2.45, 2.75) is 19.5 Å². The van der Waals surface area contributed by atoms with Gasteiger partial charge in [0.15, 0.2) is 5.76 Å². The topological polar surface area (TPSA) is 101 Å². The average molecular weight is 386 g/mol. The number of hydrogen-bond donors (Lipinski definition) is 1. The van der Waals surface area contributed by atoms with Crippen LogP contribution in [0, 0.1) is 0 Å². The van der Waals surface area contributed by atoms with Crippen LogP contribution in [-0.4, -0.2) is 36.4 Å². The van der Waals surface area contributed by atoms with E-state index in [4.69, 9.17) is 4.42 Å². The molecule has 144 valence electrons. The predicted molar refractivity (Wildman–Crippen MR) is 106 cm³/mol. The summed E-state index contributed by atoms with van der Waals surface area (Å²) in [5.74, 6) is 1.26. The van der Waals surface area contributed by atoms with Crippen molar-refractivity contribution in [1.29, 1.82) is 0 Å². The zero-order valence-electron chi connectivity index (χ0n) is 15.6. The molecule has 4 aromatic rings. The largest absolute Gasteiger partial charge is 0.463 e. The molecule has 4 aromatic heterocycles. The van der Waals surface area contributed by atoms with E-state index < -0.39 is 0 Å². The summed E-state index contributed by atoms with van der Waals surface area (Å²) in [7, 11) is 0. The van der Waals surface area contributed by atoms with Gasteiger partial charge in [-0.15, -0.1) is 0 Å². The minimum absolute atomic E-state index is 0.107. The number of aromatic amines is 1. The van der Waals surface area contributed by atoms with Crippen molar-refractivity contribution in [3.8, 4) is 22.8 Å². The first kappa shape index (κ1) is 17.4. The quantitative estimate of drug-likeness (QED) is 0.575. The Labute approximate surface area is 166 Å². The van der Waals surface area contributed by atoms with Gasteiger partial charge in [0, 0.05) is 44.6 Å². The van der Waals surface area contributed by atoms with Gasteiger partial charge in [0.1, 0.15) is 17.8 Å². The maximum Gasteiger partial charge on any atom is 0.255 e. The molecule has 29 heavy (non-hydrogen) atoms. The molecule has 0 amide bonds. The molecule has 1 aliphatic heterocycles. The van der Waals surface area contributed by atoms with E-state index in [1.165, 1.54) is 6.33 Å². The lowest BCUT2D eigenvalue weighted by Crippen LogP contribution is -2.35. The summed E-state index contributed by atoms with van der Waals surface area (Å²) in [5.41, 5.74) is 4.06. The second-order valence-corrected chi connectivity index (χ2v) is 6.96. The minimum atomic E-state index is -0.107. The van der Waals surface area contributed by atoms with Crippen molar-refractivity contribution in [3.05, 3.63) is 82.6 Å². The zero-order valence-corrected chi connectivity index (χ0v) is 15.6. The van der Waals surface area contributed by atoms with Crippen LogP contribution in [0.5, 0.6) is 0 Å². The first-order chi connectivity index (χ1) is 14.3. The average Bonchev–Trinajstić information content (AvgIpc) is 3.30. The highest BCUT2D eigenvalue weighted by Crippen LogP contribution is 2.21. The molecule has 0 spiro atoms. The standard InChI is InChI=1S/C21H18N6O2/c28-21-16-12-27(11-14-3-4-18(24-8-14)19-2-1-7-29-19)6-5-17(16)25-20(26-21)15-9-22-13-23-10-15/h1-4,7-10,13H,5-6,11-12H2,(H,25,26,28). The number of nitrogens with zero attached hydrogens (tertiary/aromatic N) is 5. The number of furan rings is 1. The van der Waals surface area contributed by atoms with Gasteiger partial charge in [-0.2, -0.15) is 0 Å². The van der Waals surface area contributed by atoms with Gasteiger partial charge in [-0.25, -0.2) is 15.0 Å². The molecule has 8 nitrogen and oxygen atoms in total. The van der Waals surface area contributed by atoms with Crippen LogP contribution in [-0.2, 0) is 19.5 Å². The van der Waals surface area contributed by atoms with E-state index in [1.54, 1.807) is 18.7 Å². The Hall–Kier alpha value is -3.65. The predicted octanol–water partition coefficient (Wildman–Crippen LogP) is 2.44. The smallest absolute Gasteiger partial charge is 0.255 e. The molecule has 8 heteroatoms. The van der Waals surface area contributed by atoms with Crippen LogP contribution in [0.4, 0.5) is 0 Å². The van der Waals surface area contributed by atoms with Gasteiger partial charge in [-0.1, -0.05) is 6.07 Å². The van der Waals surface area contributed by atoms with Crippen LogP contribution in [0.15, 0.2) is 64.7 Å². The fourth-order valence-corrected chi connectivity index (χ4v) is 3.52. The number of pyridine rings is 1. The fraction of sp³-hybridized carbons (Fsp3) is 0.190. The summed E-state index contributed by atoms with van der Waals surface area (Å²) < 4.78 is 5.38. The highest BCUT2D eigenvalue weighted by Gasteiger charge is 2.22. The van der Waals surface area contributed by atoms with E-state index in [-0.39, 0.29) is 5.56 Å². The molecule has 5 heterocycles. The molecule has 1 N–H and O–H groups in total. The molecule has 0 aromatic carbocycles. The Morgan fingerprint density at radius 1 is 1.14 bits per heavy atom. The Balaban J connectivity index is 1.33. The monoisotopic (exact) mass is 386 g/mol. The first-order valence-electron chi connectivity index (χ1n) is 9.35. The van der Waals surface area contributed by atoms with Gasteiger partial charge in [-0.05, 0) is 23.8 Å². The molecule has 0 bridgehead atoms. The van der Waals surface area contributed by atoms with E-state index in [1.807, 2.05) is 30.5 Å². The molecule has 0 unspecified atom stereocenters. The number of hydrogen-bond acceptors (Lipinski definition) is 7. The third-order valence-electron chi connectivity index (χ3n) is 4.99. The first-order valence-corrected chi connectivity index (χ1v) is 9.35. The number of fused-ring (bicyclic) bond motifs is 1. The Morgan fingerprint density at radius 3 is 2.79 bits per heavy atom. The van der Waals surface area contributed by atoms with Crippen LogP contribution >= 0.6 is 0 Å². The van der Waals surface area contributed by atoms with E-state index in [0.717, 1.165) is 47.8 Å². The number of rotatable bonds is 4. The summed E-state index contributed by atoms with van der Waals surface area (Å²) >= 11 is 0. The van der Waals surface area contributed by atoms with Crippen LogP contribution < -0.4 is 5.56 Å². The van der Waals surface area contributed by atoms with E-state index in [9.17, 15) is 4.79 Å². The maximum absolute atomic E-state index is 12.6. The highest BCUT2D eigenvalue weighted by molar-refractivity contribution is 5.52. The van der Waals surface area contributed by atoms with Gasteiger partial charge in [-0.3, -0.25) is 14.7 Å². The molecule has 0 radical (unpaired) electrons. The fourth-order valence-electron chi connectivity index (χ4n) is 3.52. The van der Waals surface area contributed by atoms with Crippen molar-refractivity contribution in [2.24, 2.45) is 0 Å². The summed E-state index contributed by atoms with van der Waals surface area (Å²) in [5, 5.41) is 0. The summed E-state index contributed by atoms with van der Waals surface area (Å²) in [6.45, 7) is 2.11. The maximum atomic E-state index is 12.6. The van der Waals surface area contributed by atoms with Crippen molar-refractivity contribution >= 4 is 0 Å². The second kappa shape index (κ2) is 7.40. The molecule has 5 rings (SSSR count). The number of nitrogens with one attached hydrogen (secondary N) is 1. The Kier molecular flexibility index (Phi) is 4.45. The van der Waals surface area contributed by atoms with Gasteiger partial charge in [0.05, 0.1) is 23.1 Å². The lowest BCUT2D eigenvalue weighted by molar-refractivity contribution is 0.241. The van der Waals surface area contributed by atoms with Crippen molar-refractivity contribution in [2.75, 3.05) is 6.54 Å². The Morgan fingerprint density at radius 2 is 2.03 bits per heavy atom. The van der Waals surface area contributed by atoms with E-state index in [2.05, 4.69) is 29.8 Å². The van der Waals surface area contributed by atoms with Crippen molar-refractivity contribution in [1.82, 2.24) is 29.8 Å². The van der Waals surface area contributed by atoms with Crippen molar-refractivity contribution < 1.29 is 4.42 Å². The summed E-state index contributed by atoms with van der Waals surface area (Å²) in [6.07, 6.45) is 8.95.